The van der Waals surface area contributed by atoms with Crippen LogP contribution in [0, 0.1) is 23.7 Å². The predicted octanol–water partition coefficient (Wildman–Crippen LogP) is 6.37. The van der Waals surface area contributed by atoms with Crippen molar-refractivity contribution in [2.24, 2.45) is 23.7 Å². The van der Waals surface area contributed by atoms with Crippen molar-refractivity contribution in [3.8, 4) is 0 Å². The monoisotopic (exact) mass is 394 g/mol. The van der Waals surface area contributed by atoms with Crippen LogP contribution in [0.1, 0.15) is 110 Å². The maximum absolute atomic E-state index is 12.0. The van der Waals surface area contributed by atoms with Crippen molar-refractivity contribution in [2.75, 3.05) is 6.61 Å². The molecule has 0 amide bonds. The Labute approximate surface area is 171 Å². The average Bonchev–Trinajstić information content (AvgIpc) is 3.55. The van der Waals surface area contributed by atoms with Crippen LogP contribution in [0.2, 0.25) is 0 Å². The second-order valence-corrected chi connectivity index (χ2v) is 9.09. The SMILES string of the molecule is CCOC(=O)C(CCCCCCCCCCCCC(C(=O)O)C1CC1)C1CC1. The third-order valence-corrected chi connectivity index (χ3v) is 6.57. The van der Waals surface area contributed by atoms with E-state index in [1.807, 2.05) is 6.92 Å². The summed E-state index contributed by atoms with van der Waals surface area (Å²) in [4.78, 5) is 23.2. The summed E-state index contributed by atoms with van der Waals surface area (Å²) in [6, 6.07) is 0. The van der Waals surface area contributed by atoms with Crippen molar-refractivity contribution in [3.05, 3.63) is 0 Å². The molecule has 2 atom stereocenters. The van der Waals surface area contributed by atoms with Gasteiger partial charge in [0.15, 0.2) is 0 Å². The van der Waals surface area contributed by atoms with Gasteiger partial charge < -0.3 is 9.84 Å². The van der Waals surface area contributed by atoms with Crippen molar-refractivity contribution in [3.63, 3.8) is 0 Å². The van der Waals surface area contributed by atoms with E-state index in [2.05, 4.69) is 0 Å². The van der Waals surface area contributed by atoms with Crippen LogP contribution in [0.15, 0.2) is 0 Å². The van der Waals surface area contributed by atoms with Crippen LogP contribution in [-0.4, -0.2) is 23.7 Å². The van der Waals surface area contributed by atoms with Gasteiger partial charge in [-0.25, -0.2) is 0 Å². The number of aliphatic carboxylic acids is 1. The Morgan fingerprint density at radius 2 is 1.14 bits per heavy atom. The summed E-state index contributed by atoms with van der Waals surface area (Å²) in [5, 5.41) is 9.23. The first-order chi connectivity index (χ1) is 13.6. The van der Waals surface area contributed by atoms with E-state index >= 15 is 0 Å². The molecule has 2 aliphatic carbocycles. The Morgan fingerprint density at radius 3 is 1.54 bits per heavy atom. The molecule has 4 nitrogen and oxygen atoms in total. The minimum Gasteiger partial charge on any atom is -0.481 e. The molecular formula is C24H42O4. The van der Waals surface area contributed by atoms with Crippen molar-refractivity contribution < 1.29 is 19.4 Å². The maximum atomic E-state index is 12.0. The highest BCUT2D eigenvalue weighted by atomic mass is 16.5. The summed E-state index contributed by atoms with van der Waals surface area (Å²) in [6.07, 6.45) is 19.0. The van der Waals surface area contributed by atoms with Gasteiger partial charge in [0, 0.05) is 0 Å². The first-order valence-electron chi connectivity index (χ1n) is 12.0. The summed E-state index contributed by atoms with van der Waals surface area (Å²) < 4.78 is 5.23. The highest BCUT2D eigenvalue weighted by Crippen LogP contribution is 2.40. The highest BCUT2D eigenvalue weighted by Gasteiger charge is 2.36. The van der Waals surface area contributed by atoms with Gasteiger partial charge in [-0.15, -0.1) is 0 Å². The van der Waals surface area contributed by atoms with Gasteiger partial charge in [0.1, 0.15) is 0 Å². The minimum atomic E-state index is -0.576. The summed E-state index contributed by atoms with van der Waals surface area (Å²) >= 11 is 0. The molecule has 0 heterocycles. The topological polar surface area (TPSA) is 63.6 Å². The smallest absolute Gasteiger partial charge is 0.309 e. The molecular weight excluding hydrogens is 352 g/mol. The molecule has 0 saturated heterocycles. The molecule has 0 aromatic carbocycles. The van der Waals surface area contributed by atoms with E-state index in [4.69, 9.17) is 4.74 Å². The maximum Gasteiger partial charge on any atom is 0.309 e. The van der Waals surface area contributed by atoms with Gasteiger partial charge in [-0.1, -0.05) is 64.2 Å². The summed E-state index contributed by atoms with van der Waals surface area (Å²) in [7, 11) is 0. The third kappa shape index (κ3) is 9.43. The molecule has 4 heteroatoms. The number of esters is 1. The molecule has 0 aromatic rings. The molecule has 0 radical (unpaired) electrons. The third-order valence-electron chi connectivity index (χ3n) is 6.57. The van der Waals surface area contributed by atoms with Crippen LogP contribution in [0.25, 0.3) is 0 Å². The second-order valence-electron chi connectivity index (χ2n) is 9.09. The number of carbonyl (C=O) groups is 2. The quantitative estimate of drug-likeness (QED) is 0.217. The fraction of sp³-hybridized carbons (Fsp3) is 0.917. The van der Waals surface area contributed by atoms with E-state index < -0.39 is 5.97 Å². The predicted molar refractivity (Wildman–Crippen MR) is 112 cm³/mol. The molecule has 2 saturated carbocycles. The number of rotatable bonds is 18. The molecule has 2 aliphatic rings. The molecule has 28 heavy (non-hydrogen) atoms. The minimum absolute atomic E-state index is 0.0387. The van der Waals surface area contributed by atoms with Crippen LogP contribution in [-0.2, 0) is 14.3 Å². The van der Waals surface area contributed by atoms with Gasteiger partial charge in [-0.05, 0) is 57.3 Å². The van der Waals surface area contributed by atoms with E-state index in [-0.39, 0.29) is 17.8 Å². The van der Waals surface area contributed by atoms with Crippen LogP contribution in [0.5, 0.6) is 0 Å². The molecule has 1 N–H and O–H groups in total. The number of ether oxygens (including phenoxy) is 1. The molecule has 162 valence electrons. The van der Waals surface area contributed by atoms with E-state index in [1.54, 1.807) is 0 Å². The van der Waals surface area contributed by atoms with Crippen molar-refractivity contribution in [1.29, 1.82) is 0 Å². The van der Waals surface area contributed by atoms with Gasteiger partial charge >= 0.3 is 11.9 Å². The van der Waals surface area contributed by atoms with Gasteiger partial charge in [0.2, 0.25) is 0 Å². The lowest BCUT2D eigenvalue weighted by Crippen LogP contribution is -2.19. The van der Waals surface area contributed by atoms with E-state index in [0.717, 1.165) is 38.5 Å². The zero-order valence-corrected chi connectivity index (χ0v) is 18.0. The Morgan fingerprint density at radius 1 is 0.750 bits per heavy atom. The number of hydrogen-bond acceptors (Lipinski definition) is 3. The fourth-order valence-corrected chi connectivity index (χ4v) is 4.50. The van der Waals surface area contributed by atoms with Crippen molar-refractivity contribution >= 4 is 11.9 Å². The van der Waals surface area contributed by atoms with Gasteiger partial charge in [0.25, 0.3) is 0 Å². The zero-order chi connectivity index (χ0) is 20.2. The molecule has 2 fully saturated rings. The van der Waals surface area contributed by atoms with E-state index in [9.17, 15) is 14.7 Å². The summed E-state index contributed by atoms with van der Waals surface area (Å²) in [5.41, 5.74) is 0. The van der Waals surface area contributed by atoms with Gasteiger partial charge in [0.05, 0.1) is 18.4 Å². The number of hydrogen-bond donors (Lipinski definition) is 1. The Hall–Kier alpha value is -1.06. The molecule has 2 unspecified atom stereocenters. The highest BCUT2D eigenvalue weighted by molar-refractivity contribution is 5.73. The standard InChI is InChI=1S/C24H42O4/c1-2-28-24(27)22(20-17-18-20)14-12-10-8-6-4-3-5-7-9-11-13-21(23(25)26)19-15-16-19/h19-22H,2-18H2,1H3,(H,25,26). The number of unbranched alkanes of at least 4 members (excludes halogenated alkanes) is 9. The lowest BCUT2D eigenvalue weighted by Gasteiger charge is -2.14. The Balaban J connectivity index is 1.36. The van der Waals surface area contributed by atoms with Gasteiger partial charge in [-0.2, -0.15) is 0 Å². The number of carboxylic acids is 1. The largest absolute Gasteiger partial charge is 0.481 e. The normalized spacial score (nSPS) is 18.6. The number of carboxylic acid groups (broad SMARTS) is 1. The lowest BCUT2D eigenvalue weighted by molar-refractivity contribution is -0.149. The molecule has 0 bridgehead atoms. The molecule has 2 rings (SSSR count). The summed E-state index contributed by atoms with van der Waals surface area (Å²) in [5.74, 6) is 0.650. The summed E-state index contributed by atoms with van der Waals surface area (Å²) in [6.45, 7) is 2.39. The Kier molecular flexibility index (Phi) is 11.0. The lowest BCUT2D eigenvalue weighted by atomic mass is 9.95. The van der Waals surface area contributed by atoms with E-state index in [0.29, 0.717) is 18.4 Å². The van der Waals surface area contributed by atoms with Crippen molar-refractivity contribution in [1.82, 2.24) is 0 Å². The van der Waals surface area contributed by atoms with Gasteiger partial charge in [-0.3, -0.25) is 9.59 Å². The Bertz CT molecular complexity index is 454. The fourth-order valence-electron chi connectivity index (χ4n) is 4.50. The van der Waals surface area contributed by atoms with Crippen LogP contribution in [0.3, 0.4) is 0 Å². The van der Waals surface area contributed by atoms with E-state index in [1.165, 1.54) is 64.2 Å². The van der Waals surface area contributed by atoms with Crippen LogP contribution < -0.4 is 0 Å². The first-order valence-corrected chi connectivity index (χ1v) is 12.0. The number of carbonyl (C=O) groups excluding carboxylic acids is 1. The molecule has 0 aliphatic heterocycles. The zero-order valence-electron chi connectivity index (χ0n) is 18.0. The van der Waals surface area contributed by atoms with Crippen LogP contribution >= 0.6 is 0 Å². The molecule has 0 aromatic heterocycles. The van der Waals surface area contributed by atoms with Crippen molar-refractivity contribution in [2.45, 2.75) is 110 Å². The average molecular weight is 395 g/mol. The first kappa shape index (κ1) is 23.2. The van der Waals surface area contributed by atoms with Crippen LogP contribution in [0.4, 0.5) is 0 Å². The molecule has 0 spiro atoms. The second kappa shape index (κ2) is 13.2.